The van der Waals surface area contributed by atoms with E-state index < -0.39 is 6.09 Å². The molecule has 0 atom stereocenters. The van der Waals surface area contributed by atoms with Crippen molar-refractivity contribution in [2.75, 3.05) is 12.4 Å². The highest BCUT2D eigenvalue weighted by Gasteiger charge is 2.11. The lowest BCUT2D eigenvalue weighted by Crippen LogP contribution is -2.19. The van der Waals surface area contributed by atoms with E-state index in [2.05, 4.69) is 27.2 Å². The van der Waals surface area contributed by atoms with Gasteiger partial charge in [0.2, 0.25) is 0 Å². The van der Waals surface area contributed by atoms with Crippen LogP contribution in [-0.2, 0) is 4.74 Å². The second kappa shape index (κ2) is 9.00. The highest BCUT2D eigenvalue weighted by atomic mass is 16.6. The van der Waals surface area contributed by atoms with Gasteiger partial charge in [0.05, 0.1) is 5.76 Å². The molecule has 2 aromatic heterocycles. The third-order valence-electron chi connectivity index (χ3n) is 4.35. The summed E-state index contributed by atoms with van der Waals surface area (Å²) in [5.74, 6) is 0.0578. The van der Waals surface area contributed by atoms with Gasteiger partial charge in [-0.15, -0.1) is 0 Å². The summed E-state index contributed by atoms with van der Waals surface area (Å²) in [6.45, 7) is 7.14. The van der Waals surface area contributed by atoms with Gasteiger partial charge in [-0.3, -0.25) is 20.1 Å². The monoisotopic (exact) mass is 402 g/mol. The number of pyridine rings is 2. The number of rotatable bonds is 5. The zero-order valence-corrected chi connectivity index (χ0v) is 17.0. The maximum Gasteiger partial charge on any atom is 0.416 e. The second-order valence-corrected chi connectivity index (χ2v) is 6.72. The van der Waals surface area contributed by atoms with Crippen molar-refractivity contribution in [2.45, 2.75) is 13.8 Å². The number of nitrogens with one attached hydrogen (secondary N) is 2. The second-order valence-electron chi connectivity index (χ2n) is 6.72. The molecule has 30 heavy (non-hydrogen) atoms. The van der Waals surface area contributed by atoms with Crippen LogP contribution < -0.4 is 10.6 Å². The van der Waals surface area contributed by atoms with Crippen LogP contribution in [0, 0.1) is 6.92 Å². The van der Waals surface area contributed by atoms with Crippen LogP contribution in [0.5, 0.6) is 0 Å². The van der Waals surface area contributed by atoms with E-state index >= 15 is 0 Å². The molecule has 0 bridgehead atoms. The van der Waals surface area contributed by atoms with Gasteiger partial charge in [-0.05, 0) is 60.9 Å². The first-order chi connectivity index (χ1) is 14.4. The number of amides is 2. The van der Waals surface area contributed by atoms with Crippen LogP contribution in [0.15, 0.2) is 67.3 Å². The van der Waals surface area contributed by atoms with Crippen molar-refractivity contribution in [1.82, 2.24) is 15.3 Å². The van der Waals surface area contributed by atoms with Gasteiger partial charge < -0.3 is 10.1 Å². The van der Waals surface area contributed by atoms with E-state index in [0.717, 1.165) is 27.8 Å². The van der Waals surface area contributed by atoms with Gasteiger partial charge in [-0.1, -0.05) is 12.6 Å². The Morgan fingerprint density at radius 2 is 1.80 bits per heavy atom. The molecule has 0 unspecified atom stereocenters. The summed E-state index contributed by atoms with van der Waals surface area (Å²) in [4.78, 5) is 32.2. The maximum absolute atomic E-state index is 11.9. The number of benzene rings is 1. The molecule has 2 N–H and O–H groups in total. The van der Waals surface area contributed by atoms with Gasteiger partial charge in [0.25, 0.3) is 5.91 Å². The molecule has 2 heterocycles. The number of hydrogen-bond donors (Lipinski definition) is 2. The van der Waals surface area contributed by atoms with E-state index in [0.29, 0.717) is 17.1 Å². The van der Waals surface area contributed by atoms with Gasteiger partial charge >= 0.3 is 6.09 Å². The Bertz CT molecular complexity index is 1120. The lowest BCUT2D eigenvalue weighted by Gasteiger charge is -2.12. The molecule has 0 saturated carbocycles. The number of anilines is 1. The SMILES string of the molecule is C=C(C)OC(=O)Nc1ccc(C)c(-c2cncc(-c3ccnc(C(=O)NC)c3)c2)c1. The molecular weight excluding hydrogens is 380 g/mol. The van der Waals surface area contributed by atoms with E-state index in [1.165, 1.54) is 0 Å². The van der Waals surface area contributed by atoms with E-state index in [4.69, 9.17) is 4.74 Å². The summed E-state index contributed by atoms with van der Waals surface area (Å²) in [7, 11) is 1.56. The Labute approximate surface area is 174 Å². The molecule has 0 saturated heterocycles. The van der Waals surface area contributed by atoms with Gasteiger partial charge in [-0.25, -0.2) is 4.79 Å². The van der Waals surface area contributed by atoms with Crippen LogP contribution in [-0.4, -0.2) is 29.0 Å². The van der Waals surface area contributed by atoms with Gasteiger partial charge in [-0.2, -0.15) is 0 Å². The third kappa shape index (κ3) is 4.88. The van der Waals surface area contributed by atoms with Crippen LogP contribution in [0.2, 0.25) is 0 Å². The van der Waals surface area contributed by atoms with Crippen molar-refractivity contribution in [3.63, 3.8) is 0 Å². The Balaban J connectivity index is 1.94. The molecule has 0 aliphatic heterocycles. The van der Waals surface area contributed by atoms with Crippen molar-refractivity contribution >= 4 is 17.7 Å². The van der Waals surface area contributed by atoms with Crippen LogP contribution in [0.3, 0.4) is 0 Å². The van der Waals surface area contributed by atoms with Crippen LogP contribution in [0.1, 0.15) is 23.0 Å². The van der Waals surface area contributed by atoms with E-state index in [1.807, 2.05) is 31.2 Å². The molecule has 1 aromatic carbocycles. The highest BCUT2D eigenvalue weighted by Crippen LogP contribution is 2.29. The number of carbonyl (C=O) groups excluding carboxylic acids is 2. The topological polar surface area (TPSA) is 93.2 Å². The van der Waals surface area contributed by atoms with Crippen molar-refractivity contribution in [1.29, 1.82) is 0 Å². The lowest BCUT2D eigenvalue weighted by molar-refractivity contribution is 0.0958. The number of aromatic nitrogens is 2. The fourth-order valence-corrected chi connectivity index (χ4v) is 2.92. The Morgan fingerprint density at radius 3 is 2.53 bits per heavy atom. The normalized spacial score (nSPS) is 10.2. The zero-order chi connectivity index (χ0) is 21.7. The summed E-state index contributed by atoms with van der Waals surface area (Å²) in [6.07, 6.45) is 4.48. The molecule has 0 fully saturated rings. The minimum absolute atomic E-state index is 0.253. The molecule has 0 aliphatic carbocycles. The molecule has 3 rings (SSSR count). The standard InChI is InChI=1S/C23H22N4O3/c1-14(2)30-23(29)27-19-6-5-15(3)20(11-19)18-9-17(12-25-13-18)16-7-8-26-21(10-16)22(28)24-4/h5-13H,1H2,2-4H3,(H,24,28)(H,27,29). The van der Waals surface area contributed by atoms with E-state index in [-0.39, 0.29) is 5.91 Å². The van der Waals surface area contributed by atoms with Crippen molar-refractivity contribution in [3.8, 4) is 22.3 Å². The number of carbonyl (C=O) groups is 2. The van der Waals surface area contributed by atoms with Crippen molar-refractivity contribution < 1.29 is 14.3 Å². The van der Waals surface area contributed by atoms with Gasteiger partial charge in [0.15, 0.2) is 0 Å². The fourth-order valence-electron chi connectivity index (χ4n) is 2.92. The predicted octanol–water partition coefficient (Wildman–Crippen LogP) is 4.56. The smallest absolute Gasteiger partial charge is 0.416 e. The minimum Gasteiger partial charge on any atom is -0.416 e. The van der Waals surface area contributed by atoms with Gasteiger partial charge in [0.1, 0.15) is 5.69 Å². The largest absolute Gasteiger partial charge is 0.416 e. The fraction of sp³-hybridized carbons (Fsp3) is 0.130. The average molecular weight is 402 g/mol. The van der Waals surface area contributed by atoms with Crippen molar-refractivity contribution in [3.05, 3.63) is 78.6 Å². The summed E-state index contributed by atoms with van der Waals surface area (Å²) in [6, 6.07) is 11.1. The number of nitrogens with zero attached hydrogens (tertiary/aromatic N) is 2. The molecule has 7 nitrogen and oxygen atoms in total. The molecule has 0 aliphatic rings. The number of hydrogen-bond acceptors (Lipinski definition) is 5. The summed E-state index contributed by atoms with van der Waals surface area (Å²) in [5, 5.41) is 5.26. The molecular formula is C23H22N4O3. The minimum atomic E-state index is -0.595. The molecule has 7 heteroatoms. The maximum atomic E-state index is 11.9. The molecule has 3 aromatic rings. The Hall–Kier alpha value is -4.00. The first-order valence-corrected chi connectivity index (χ1v) is 9.26. The summed E-state index contributed by atoms with van der Waals surface area (Å²) >= 11 is 0. The first-order valence-electron chi connectivity index (χ1n) is 9.26. The van der Waals surface area contributed by atoms with Gasteiger partial charge in [0, 0.05) is 42.5 Å². The molecule has 0 radical (unpaired) electrons. The Kier molecular flexibility index (Phi) is 6.22. The highest BCUT2D eigenvalue weighted by molar-refractivity contribution is 5.93. The predicted molar refractivity (Wildman–Crippen MR) is 116 cm³/mol. The third-order valence-corrected chi connectivity index (χ3v) is 4.35. The van der Waals surface area contributed by atoms with E-state index in [9.17, 15) is 9.59 Å². The summed E-state index contributed by atoms with van der Waals surface area (Å²) < 4.78 is 4.95. The first kappa shape index (κ1) is 20.7. The molecule has 2 amide bonds. The van der Waals surface area contributed by atoms with Crippen LogP contribution in [0.25, 0.3) is 22.3 Å². The number of aryl methyl sites for hydroxylation is 1. The summed E-state index contributed by atoms with van der Waals surface area (Å²) in [5.41, 5.74) is 5.41. The number of allylic oxidation sites excluding steroid dienone is 1. The quantitative estimate of drug-likeness (QED) is 0.610. The zero-order valence-electron chi connectivity index (χ0n) is 17.0. The van der Waals surface area contributed by atoms with Crippen molar-refractivity contribution in [2.24, 2.45) is 0 Å². The number of ether oxygens (including phenoxy) is 1. The van der Waals surface area contributed by atoms with Crippen LogP contribution >= 0.6 is 0 Å². The average Bonchev–Trinajstić information content (AvgIpc) is 2.74. The molecule has 0 spiro atoms. The van der Waals surface area contributed by atoms with E-state index in [1.54, 1.807) is 44.7 Å². The lowest BCUT2D eigenvalue weighted by atomic mass is 9.98. The van der Waals surface area contributed by atoms with Crippen LogP contribution in [0.4, 0.5) is 10.5 Å². The Morgan fingerprint density at radius 1 is 1.03 bits per heavy atom. The molecule has 152 valence electrons.